The quantitative estimate of drug-likeness (QED) is 0.732. The molecular formula is C13H10BrN5O. The lowest BCUT2D eigenvalue weighted by atomic mass is 10.2. The Bertz CT molecular complexity index is 798. The second-order valence-corrected chi connectivity index (χ2v) is 5.00. The molecule has 0 atom stereocenters. The summed E-state index contributed by atoms with van der Waals surface area (Å²) in [6, 6.07) is 3.58. The molecule has 0 saturated heterocycles. The zero-order valence-corrected chi connectivity index (χ0v) is 12.1. The summed E-state index contributed by atoms with van der Waals surface area (Å²) in [7, 11) is 0. The van der Waals surface area contributed by atoms with Gasteiger partial charge in [-0.2, -0.15) is 5.10 Å². The first-order chi connectivity index (χ1) is 9.65. The average molecular weight is 332 g/mol. The summed E-state index contributed by atoms with van der Waals surface area (Å²) in [5.41, 5.74) is 2.54. The van der Waals surface area contributed by atoms with Crippen molar-refractivity contribution in [2.75, 3.05) is 5.32 Å². The minimum absolute atomic E-state index is 0.236. The number of carbonyl (C=O) groups is 1. The van der Waals surface area contributed by atoms with Gasteiger partial charge in [0.2, 0.25) is 0 Å². The summed E-state index contributed by atoms with van der Waals surface area (Å²) in [4.78, 5) is 20.5. The van der Waals surface area contributed by atoms with Gasteiger partial charge in [0.05, 0.1) is 34.9 Å². The van der Waals surface area contributed by atoms with Crippen LogP contribution in [0.15, 0.2) is 41.5 Å². The standard InChI is InChI=1S/C13H10BrN5O/c1-8-10(2-3-12(14)17-8)18-13(20)9-6-16-19-5-4-15-7-11(9)19/h2-7H,1H3,(H,18,20). The lowest BCUT2D eigenvalue weighted by Crippen LogP contribution is -2.13. The molecule has 0 spiro atoms. The number of halogens is 1. The Morgan fingerprint density at radius 1 is 1.35 bits per heavy atom. The number of hydrogen-bond acceptors (Lipinski definition) is 4. The second-order valence-electron chi connectivity index (χ2n) is 4.19. The van der Waals surface area contributed by atoms with E-state index in [4.69, 9.17) is 0 Å². The maximum absolute atomic E-state index is 12.3. The van der Waals surface area contributed by atoms with Gasteiger partial charge in [-0.3, -0.25) is 9.78 Å². The van der Waals surface area contributed by atoms with Crippen molar-refractivity contribution in [2.24, 2.45) is 0 Å². The number of nitrogens with one attached hydrogen (secondary N) is 1. The number of hydrogen-bond donors (Lipinski definition) is 1. The minimum Gasteiger partial charge on any atom is -0.320 e. The van der Waals surface area contributed by atoms with Crippen LogP contribution in [0.25, 0.3) is 5.52 Å². The van der Waals surface area contributed by atoms with E-state index in [1.807, 2.05) is 6.92 Å². The molecule has 0 fully saturated rings. The van der Waals surface area contributed by atoms with Crippen molar-refractivity contribution in [3.63, 3.8) is 0 Å². The maximum atomic E-state index is 12.3. The normalized spacial score (nSPS) is 10.7. The number of pyridine rings is 1. The molecular weight excluding hydrogens is 322 g/mol. The van der Waals surface area contributed by atoms with E-state index < -0.39 is 0 Å². The Balaban J connectivity index is 1.93. The SMILES string of the molecule is Cc1nc(Br)ccc1NC(=O)c1cnn2ccncc12. The van der Waals surface area contributed by atoms with Crippen molar-refractivity contribution >= 4 is 33.0 Å². The highest BCUT2D eigenvalue weighted by Crippen LogP contribution is 2.18. The first kappa shape index (κ1) is 12.7. The number of nitrogens with zero attached hydrogens (tertiary/aromatic N) is 4. The molecule has 0 unspecified atom stereocenters. The fourth-order valence-electron chi connectivity index (χ4n) is 1.86. The number of aromatic nitrogens is 4. The van der Waals surface area contributed by atoms with Gasteiger partial charge in [-0.1, -0.05) is 0 Å². The van der Waals surface area contributed by atoms with E-state index in [9.17, 15) is 4.79 Å². The Labute approximate surface area is 123 Å². The molecule has 0 bridgehead atoms. The molecule has 3 heterocycles. The van der Waals surface area contributed by atoms with E-state index in [1.165, 1.54) is 6.20 Å². The van der Waals surface area contributed by atoms with Crippen LogP contribution >= 0.6 is 15.9 Å². The molecule has 6 nitrogen and oxygen atoms in total. The van der Waals surface area contributed by atoms with Crippen molar-refractivity contribution in [1.29, 1.82) is 0 Å². The largest absolute Gasteiger partial charge is 0.320 e. The van der Waals surface area contributed by atoms with E-state index >= 15 is 0 Å². The third-order valence-corrected chi connectivity index (χ3v) is 3.31. The number of fused-ring (bicyclic) bond motifs is 1. The van der Waals surface area contributed by atoms with Crippen LogP contribution in [0.5, 0.6) is 0 Å². The summed E-state index contributed by atoms with van der Waals surface area (Å²) in [6.45, 7) is 1.83. The topological polar surface area (TPSA) is 72.2 Å². The van der Waals surface area contributed by atoms with Gasteiger partial charge in [0.15, 0.2) is 0 Å². The van der Waals surface area contributed by atoms with Gasteiger partial charge in [0.25, 0.3) is 5.91 Å². The molecule has 1 amide bonds. The van der Waals surface area contributed by atoms with Gasteiger partial charge in [-0.15, -0.1) is 0 Å². The molecule has 0 radical (unpaired) electrons. The molecule has 0 aliphatic rings. The maximum Gasteiger partial charge on any atom is 0.259 e. The average Bonchev–Trinajstić information content (AvgIpc) is 2.86. The van der Waals surface area contributed by atoms with Crippen molar-refractivity contribution in [2.45, 2.75) is 6.92 Å². The molecule has 100 valence electrons. The van der Waals surface area contributed by atoms with Crippen LogP contribution in [0.2, 0.25) is 0 Å². The fraction of sp³-hybridized carbons (Fsp3) is 0.0769. The lowest BCUT2D eigenvalue weighted by Gasteiger charge is -2.07. The van der Waals surface area contributed by atoms with Crippen LogP contribution in [-0.4, -0.2) is 25.5 Å². The number of amides is 1. The Hall–Kier alpha value is -2.28. The van der Waals surface area contributed by atoms with Crippen molar-refractivity contribution < 1.29 is 4.79 Å². The second kappa shape index (κ2) is 5.01. The lowest BCUT2D eigenvalue weighted by molar-refractivity contribution is 0.102. The van der Waals surface area contributed by atoms with Gasteiger partial charge in [-0.05, 0) is 35.0 Å². The third-order valence-electron chi connectivity index (χ3n) is 2.87. The smallest absolute Gasteiger partial charge is 0.259 e. The Morgan fingerprint density at radius 3 is 3.00 bits per heavy atom. The summed E-state index contributed by atoms with van der Waals surface area (Å²) in [6.07, 6.45) is 6.44. The first-order valence-corrected chi connectivity index (χ1v) is 6.66. The highest BCUT2D eigenvalue weighted by atomic mass is 79.9. The molecule has 0 aromatic carbocycles. The van der Waals surface area contributed by atoms with Crippen LogP contribution < -0.4 is 5.32 Å². The molecule has 1 N–H and O–H groups in total. The van der Waals surface area contributed by atoms with Crippen LogP contribution in [-0.2, 0) is 0 Å². The van der Waals surface area contributed by atoms with Gasteiger partial charge >= 0.3 is 0 Å². The Kier molecular flexibility index (Phi) is 3.19. The summed E-state index contributed by atoms with van der Waals surface area (Å²) < 4.78 is 2.34. The summed E-state index contributed by atoms with van der Waals surface area (Å²) in [5.74, 6) is -0.236. The summed E-state index contributed by atoms with van der Waals surface area (Å²) in [5, 5.41) is 6.94. The molecule has 0 saturated carbocycles. The predicted molar refractivity (Wildman–Crippen MR) is 77.6 cm³/mol. The van der Waals surface area contributed by atoms with Crippen molar-refractivity contribution in [3.05, 3.63) is 52.8 Å². The van der Waals surface area contributed by atoms with E-state index in [0.717, 1.165) is 10.3 Å². The van der Waals surface area contributed by atoms with E-state index in [-0.39, 0.29) is 5.91 Å². The molecule has 0 aliphatic carbocycles. The van der Waals surface area contributed by atoms with Crippen LogP contribution in [0.4, 0.5) is 5.69 Å². The van der Waals surface area contributed by atoms with Crippen LogP contribution in [0, 0.1) is 6.92 Å². The third kappa shape index (κ3) is 2.27. The van der Waals surface area contributed by atoms with Gasteiger partial charge < -0.3 is 5.32 Å². The molecule has 3 rings (SSSR count). The van der Waals surface area contributed by atoms with E-state index in [1.54, 1.807) is 35.2 Å². The number of carbonyl (C=O) groups excluding carboxylic acids is 1. The zero-order chi connectivity index (χ0) is 14.1. The van der Waals surface area contributed by atoms with Crippen molar-refractivity contribution in [1.82, 2.24) is 19.6 Å². The predicted octanol–water partition coefficient (Wildman–Crippen LogP) is 2.45. The highest BCUT2D eigenvalue weighted by molar-refractivity contribution is 9.10. The van der Waals surface area contributed by atoms with E-state index in [2.05, 4.69) is 36.3 Å². The number of anilines is 1. The monoisotopic (exact) mass is 331 g/mol. The molecule has 7 heteroatoms. The summed E-state index contributed by atoms with van der Waals surface area (Å²) >= 11 is 3.29. The van der Waals surface area contributed by atoms with E-state index in [0.29, 0.717) is 16.8 Å². The number of rotatable bonds is 2. The highest BCUT2D eigenvalue weighted by Gasteiger charge is 2.14. The first-order valence-electron chi connectivity index (χ1n) is 5.87. The van der Waals surface area contributed by atoms with Crippen molar-refractivity contribution in [3.8, 4) is 0 Å². The number of aryl methyl sites for hydroxylation is 1. The fourth-order valence-corrected chi connectivity index (χ4v) is 2.26. The Morgan fingerprint density at radius 2 is 2.20 bits per heavy atom. The van der Waals surface area contributed by atoms with Crippen LogP contribution in [0.1, 0.15) is 16.1 Å². The zero-order valence-electron chi connectivity index (χ0n) is 10.5. The van der Waals surface area contributed by atoms with Gasteiger partial charge in [-0.25, -0.2) is 9.50 Å². The molecule has 3 aromatic rings. The molecule has 20 heavy (non-hydrogen) atoms. The van der Waals surface area contributed by atoms with Crippen LogP contribution in [0.3, 0.4) is 0 Å². The van der Waals surface area contributed by atoms with Gasteiger partial charge in [0.1, 0.15) is 4.60 Å². The van der Waals surface area contributed by atoms with Gasteiger partial charge in [0, 0.05) is 12.4 Å². The molecule has 0 aliphatic heterocycles. The minimum atomic E-state index is -0.236. The molecule has 3 aromatic heterocycles.